The van der Waals surface area contributed by atoms with Crippen LogP contribution in [0.5, 0.6) is 5.75 Å². The van der Waals surface area contributed by atoms with Gasteiger partial charge in [0.2, 0.25) is 5.91 Å². The Bertz CT molecular complexity index is 600. The first-order chi connectivity index (χ1) is 10.9. The summed E-state index contributed by atoms with van der Waals surface area (Å²) in [4.78, 5) is 12.7. The molecule has 1 saturated carbocycles. The molecule has 1 aliphatic carbocycles. The summed E-state index contributed by atoms with van der Waals surface area (Å²) >= 11 is 0. The van der Waals surface area contributed by atoms with E-state index in [1.165, 1.54) is 0 Å². The first-order valence-corrected chi connectivity index (χ1v) is 8.48. The van der Waals surface area contributed by atoms with Crippen molar-refractivity contribution in [1.29, 1.82) is 0 Å². The van der Waals surface area contributed by atoms with Gasteiger partial charge in [-0.1, -0.05) is 6.42 Å². The van der Waals surface area contributed by atoms with Crippen molar-refractivity contribution in [3.05, 3.63) is 23.8 Å². The van der Waals surface area contributed by atoms with Gasteiger partial charge in [-0.05, 0) is 57.4 Å². The summed E-state index contributed by atoms with van der Waals surface area (Å²) < 4.78 is 6.03. The van der Waals surface area contributed by atoms with E-state index in [2.05, 4.69) is 5.32 Å². The molecule has 0 bridgehead atoms. The molecule has 1 fully saturated rings. The standard InChI is InChI=1S/C18H27N3O2/c1-18(2)9-15(14-8-12(20)6-7-16(14)23-18)21-17(22)13-5-3-4-11(13)10-19/h6-8,11,13,15H,3-5,9-10,19-20H2,1-2H3,(H,21,22)/t11-,13-,15?/m1/s1. The van der Waals surface area contributed by atoms with E-state index in [0.29, 0.717) is 18.2 Å². The predicted octanol–water partition coefficient (Wildman–Crippen LogP) is 2.36. The third-order valence-electron chi connectivity index (χ3n) is 5.11. The maximum atomic E-state index is 12.7. The lowest BCUT2D eigenvalue weighted by Gasteiger charge is -2.38. The lowest BCUT2D eigenvalue weighted by molar-refractivity contribution is -0.127. The van der Waals surface area contributed by atoms with E-state index in [4.69, 9.17) is 16.2 Å². The zero-order chi connectivity index (χ0) is 16.6. The highest BCUT2D eigenvalue weighted by Crippen LogP contribution is 2.41. The number of anilines is 1. The van der Waals surface area contributed by atoms with Crippen molar-refractivity contribution in [2.45, 2.75) is 51.2 Å². The Morgan fingerprint density at radius 3 is 2.91 bits per heavy atom. The van der Waals surface area contributed by atoms with Crippen molar-refractivity contribution in [2.75, 3.05) is 12.3 Å². The molecule has 0 spiro atoms. The molecule has 5 heteroatoms. The highest BCUT2D eigenvalue weighted by Gasteiger charge is 2.38. The molecule has 0 aromatic heterocycles. The van der Waals surface area contributed by atoms with Crippen LogP contribution in [0, 0.1) is 11.8 Å². The van der Waals surface area contributed by atoms with Crippen molar-refractivity contribution in [3.63, 3.8) is 0 Å². The van der Waals surface area contributed by atoms with Crippen molar-refractivity contribution in [3.8, 4) is 5.75 Å². The average molecular weight is 317 g/mol. The summed E-state index contributed by atoms with van der Waals surface area (Å²) in [5.41, 5.74) is 13.1. The number of rotatable bonds is 3. The van der Waals surface area contributed by atoms with Crippen LogP contribution in [0.3, 0.4) is 0 Å². The Morgan fingerprint density at radius 2 is 2.17 bits per heavy atom. The SMILES string of the molecule is CC1(C)CC(NC(=O)[C@@H]2CCC[C@@H]2CN)c2cc(N)ccc2O1. The van der Waals surface area contributed by atoms with Crippen molar-refractivity contribution >= 4 is 11.6 Å². The van der Waals surface area contributed by atoms with Gasteiger partial charge in [-0.15, -0.1) is 0 Å². The molecule has 1 heterocycles. The highest BCUT2D eigenvalue weighted by molar-refractivity contribution is 5.80. The van der Waals surface area contributed by atoms with Gasteiger partial charge in [0.25, 0.3) is 0 Å². The van der Waals surface area contributed by atoms with Gasteiger partial charge in [-0.2, -0.15) is 0 Å². The van der Waals surface area contributed by atoms with E-state index in [-0.39, 0.29) is 23.5 Å². The molecule has 3 atom stereocenters. The van der Waals surface area contributed by atoms with E-state index < -0.39 is 0 Å². The minimum atomic E-state index is -0.315. The molecular weight excluding hydrogens is 290 g/mol. The number of carbonyl (C=O) groups is 1. The number of amides is 1. The Balaban J connectivity index is 1.82. The molecule has 0 radical (unpaired) electrons. The van der Waals surface area contributed by atoms with Gasteiger partial charge in [-0.3, -0.25) is 4.79 Å². The fourth-order valence-electron chi connectivity index (χ4n) is 3.94. The smallest absolute Gasteiger partial charge is 0.223 e. The number of benzene rings is 1. The molecule has 1 aromatic rings. The lowest BCUT2D eigenvalue weighted by Crippen LogP contribution is -2.44. The number of carbonyl (C=O) groups excluding carboxylic acids is 1. The number of nitrogen functional groups attached to an aromatic ring is 1. The molecule has 5 N–H and O–H groups in total. The van der Waals surface area contributed by atoms with Gasteiger partial charge in [0.05, 0.1) is 6.04 Å². The Hall–Kier alpha value is -1.75. The largest absolute Gasteiger partial charge is 0.487 e. The first kappa shape index (κ1) is 16.1. The van der Waals surface area contributed by atoms with Crippen LogP contribution in [0.25, 0.3) is 0 Å². The first-order valence-electron chi connectivity index (χ1n) is 8.48. The summed E-state index contributed by atoms with van der Waals surface area (Å²) in [6.45, 7) is 4.67. The van der Waals surface area contributed by atoms with Crippen LogP contribution in [0.1, 0.15) is 51.1 Å². The third kappa shape index (κ3) is 3.29. The quantitative estimate of drug-likeness (QED) is 0.746. The topological polar surface area (TPSA) is 90.4 Å². The van der Waals surface area contributed by atoms with E-state index in [1.807, 2.05) is 32.0 Å². The second-order valence-electron chi connectivity index (χ2n) is 7.46. The molecule has 126 valence electrons. The van der Waals surface area contributed by atoms with Gasteiger partial charge in [0, 0.05) is 23.6 Å². The zero-order valence-corrected chi connectivity index (χ0v) is 14.0. The van der Waals surface area contributed by atoms with Crippen molar-refractivity contribution in [1.82, 2.24) is 5.32 Å². The van der Waals surface area contributed by atoms with Crippen LogP contribution in [0.2, 0.25) is 0 Å². The Kier molecular flexibility index (Phi) is 4.23. The number of fused-ring (bicyclic) bond motifs is 1. The average Bonchev–Trinajstić information content (AvgIpc) is 2.96. The van der Waals surface area contributed by atoms with Gasteiger partial charge in [-0.25, -0.2) is 0 Å². The number of nitrogens with two attached hydrogens (primary N) is 2. The van der Waals surface area contributed by atoms with Crippen LogP contribution in [-0.2, 0) is 4.79 Å². The number of ether oxygens (including phenoxy) is 1. The van der Waals surface area contributed by atoms with Crippen molar-refractivity contribution in [2.24, 2.45) is 17.6 Å². The molecule has 23 heavy (non-hydrogen) atoms. The third-order valence-corrected chi connectivity index (χ3v) is 5.11. The van der Waals surface area contributed by atoms with E-state index in [9.17, 15) is 4.79 Å². The molecule has 2 aliphatic rings. The second kappa shape index (κ2) is 6.04. The van der Waals surface area contributed by atoms with Gasteiger partial charge < -0.3 is 21.5 Å². The van der Waals surface area contributed by atoms with Crippen LogP contribution in [0.4, 0.5) is 5.69 Å². The fourth-order valence-corrected chi connectivity index (χ4v) is 3.94. The summed E-state index contributed by atoms with van der Waals surface area (Å²) in [6.07, 6.45) is 3.81. The van der Waals surface area contributed by atoms with Crippen LogP contribution in [0.15, 0.2) is 18.2 Å². The lowest BCUT2D eigenvalue weighted by atomic mass is 9.88. The van der Waals surface area contributed by atoms with Crippen molar-refractivity contribution < 1.29 is 9.53 Å². The second-order valence-corrected chi connectivity index (χ2v) is 7.46. The van der Waals surface area contributed by atoms with Gasteiger partial charge in [0.1, 0.15) is 11.4 Å². The minimum Gasteiger partial charge on any atom is -0.487 e. The van der Waals surface area contributed by atoms with E-state index in [1.54, 1.807) is 0 Å². The Labute approximate surface area is 137 Å². The van der Waals surface area contributed by atoms with Crippen LogP contribution < -0.4 is 21.5 Å². The summed E-state index contributed by atoms with van der Waals surface area (Å²) in [6, 6.07) is 5.57. The number of nitrogens with one attached hydrogen (secondary N) is 1. The summed E-state index contributed by atoms with van der Waals surface area (Å²) in [5.74, 6) is 1.27. The molecule has 1 amide bonds. The van der Waals surface area contributed by atoms with Crippen LogP contribution >= 0.6 is 0 Å². The molecule has 0 saturated heterocycles. The zero-order valence-electron chi connectivity index (χ0n) is 14.0. The molecule has 1 aromatic carbocycles. The normalized spacial score (nSPS) is 28.7. The van der Waals surface area contributed by atoms with E-state index >= 15 is 0 Å². The molecule has 1 unspecified atom stereocenters. The van der Waals surface area contributed by atoms with Gasteiger partial charge >= 0.3 is 0 Å². The predicted molar refractivity (Wildman–Crippen MR) is 90.9 cm³/mol. The maximum Gasteiger partial charge on any atom is 0.223 e. The molecular formula is C18H27N3O2. The Morgan fingerprint density at radius 1 is 1.39 bits per heavy atom. The maximum absolute atomic E-state index is 12.7. The number of hydrogen-bond acceptors (Lipinski definition) is 4. The molecule has 3 rings (SSSR count). The van der Waals surface area contributed by atoms with E-state index in [0.717, 1.165) is 37.0 Å². The molecule has 5 nitrogen and oxygen atoms in total. The van der Waals surface area contributed by atoms with Gasteiger partial charge in [0.15, 0.2) is 0 Å². The molecule has 1 aliphatic heterocycles. The fraction of sp³-hybridized carbons (Fsp3) is 0.611. The minimum absolute atomic E-state index is 0.0375. The van der Waals surface area contributed by atoms with Crippen LogP contribution in [-0.4, -0.2) is 18.1 Å². The summed E-state index contributed by atoms with van der Waals surface area (Å²) in [7, 11) is 0. The monoisotopic (exact) mass is 317 g/mol. The number of hydrogen-bond donors (Lipinski definition) is 3. The highest BCUT2D eigenvalue weighted by atomic mass is 16.5. The summed E-state index contributed by atoms with van der Waals surface area (Å²) in [5, 5.41) is 3.23.